The van der Waals surface area contributed by atoms with Gasteiger partial charge in [0.2, 0.25) is 5.91 Å². The zero-order valence-corrected chi connectivity index (χ0v) is 15.9. The number of amides is 1. The molecule has 0 aliphatic rings. The van der Waals surface area contributed by atoms with Crippen LogP contribution >= 0.6 is 11.8 Å². The standard InChI is InChI=1S/C21H23N3OS/c1-17-4-6-18(7-5-17)14-23(2)21(25)16-26-15-19-8-10-20(11-9-19)24-13-3-12-22-24/h3-13H,14-16H2,1-2H3. The zero-order valence-electron chi connectivity index (χ0n) is 15.1. The third-order valence-electron chi connectivity index (χ3n) is 4.17. The molecule has 1 amide bonds. The summed E-state index contributed by atoms with van der Waals surface area (Å²) < 4.78 is 1.83. The molecule has 0 atom stereocenters. The zero-order chi connectivity index (χ0) is 18.4. The second-order valence-corrected chi connectivity index (χ2v) is 7.33. The van der Waals surface area contributed by atoms with E-state index < -0.39 is 0 Å². The lowest BCUT2D eigenvalue weighted by Crippen LogP contribution is -2.27. The van der Waals surface area contributed by atoms with Crippen molar-refractivity contribution in [2.75, 3.05) is 12.8 Å². The lowest BCUT2D eigenvalue weighted by Gasteiger charge is -2.17. The molecule has 0 radical (unpaired) electrons. The molecule has 0 saturated heterocycles. The monoisotopic (exact) mass is 365 g/mol. The number of hydrogen-bond acceptors (Lipinski definition) is 3. The van der Waals surface area contributed by atoms with E-state index in [1.165, 1.54) is 11.1 Å². The first-order valence-corrected chi connectivity index (χ1v) is 9.73. The molecule has 1 heterocycles. The van der Waals surface area contributed by atoms with Gasteiger partial charge in [-0.1, -0.05) is 42.0 Å². The van der Waals surface area contributed by atoms with Gasteiger partial charge in [0, 0.05) is 31.7 Å². The lowest BCUT2D eigenvalue weighted by atomic mass is 10.1. The topological polar surface area (TPSA) is 38.1 Å². The van der Waals surface area contributed by atoms with E-state index in [1.807, 2.05) is 36.1 Å². The average molecular weight is 366 g/mol. The molecular weight excluding hydrogens is 342 g/mol. The van der Waals surface area contributed by atoms with Gasteiger partial charge in [-0.2, -0.15) is 5.10 Å². The van der Waals surface area contributed by atoms with E-state index in [0.717, 1.165) is 17.0 Å². The predicted molar refractivity (Wildman–Crippen MR) is 107 cm³/mol. The van der Waals surface area contributed by atoms with Gasteiger partial charge < -0.3 is 4.90 Å². The maximum Gasteiger partial charge on any atom is 0.232 e. The maximum absolute atomic E-state index is 12.3. The first kappa shape index (κ1) is 18.3. The molecule has 0 bridgehead atoms. The fourth-order valence-corrected chi connectivity index (χ4v) is 3.51. The van der Waals surface area contributed by atoms with Crippen molar-refractivity contribution >= 4 is 17.7 Å². The molecular formula is C21H23N3OS. The Balaban J connectivity index is 1.45. The summed E-state index contributed by atoms with van der Waals surface area (Å²) in [6, 6.07) is 18.5. The van der Waals surface area contributed by atoms with Crippen LogP contribution in [0.5, 0.6) is 0 Å². The molecule has 0 unspecified atom stereocenters. The second kappa shape index (κ2) is 8.72. The third kappa shape index (κ3) is 4.99. The van der Waals surface area contributed by atoms with E-state index >= 15 is 0 Å². The summed E-state index contributed by atoms with van der Waals surface area (Å²) in [4.78, 5) is 14.1. The van der Waals surface area contributed by atoms with Crippen molar-refractivity contribution in [2.24, 2.45) is 0 Å². The number of thioether (sulfide) groups is 1. The van der Waals surface area contributed by atoms with Crippen LogP contribution in [0, 0.1) is 6.92 Å². The average Bonchev–Trinajstić information content (AvgIpc) is 3.19. The fourth-order valence-electron chi connectivity index (χ4n) is 2.59. The van der Waals surface area contributed by atoms with Crippen molar-refractivity contribution in [3.8, 4) is 5.69 Å². The molecule has 4 nitrogen and oxygen atoms in total. The molecule has 0 N–H and O–H groups in total. The Hall–Kier alpha value is -2.53. The Morgan fingerprint density at radius 3 is 2.42 bits per heavy atom. The minimum absolute atomic E-state index is 0.156. The summed E-state index contributed by atoms with van der Waals surface area (Å²) in [5.74, 6) is 1.47. The van der Waals surface area contributed by atoms with Crippen LogP contribution in [-0.4, -0.2) is 33.4 Å². The Morgan fingerprint density at radius 2 is 1.77 bits per heavy atom. The molecule has 0 aliphatic heterocycles. The number of benzene rings is 2. The van der Waals surface area contributed by atoms with Crippen LogP contribution in [-0.2, 0) is 17.1 Å². The fraction of sp³-hybridized carbons (Fsp3) is 0.238. The third-order valence-corrected chi connectivity index (χ3v) is 5.15. The lowest BCUT2D eigenvalue weighted by molar-refractivity contribution is -0.127. The number of nitrogens with zero attached hydrogens (tertiary/aromatic N) is 3. The Labute approximate surface area is 158 Å². The number of aromatic nitrogens is 2. The Kier molecular flexibility index (Phi) is 6.12. The highest BCUT2D eigenvalue weighted by atomic mass is 32.2. The molecule has 2 aromatic carbocycles. The van der Waals surface area contributed by atoms with Crippen LogP contribution in [0.2, 0.25) is 0 Å². The van der Waals surface area contributed by atoms with Crippen LogP contribution in [0.15, 0.2) is 67.0 Å². The SMILES string of the molecule is Cc1ccc(CN(C)C(=O)CSCc2ccc(-n3cccn3)cc2)cc1. The maximum atomic E-state index is 12.3. The summed E-state index contributed by atoms with van der Waals surface area (Å²) >= 11 is 1.65. The van der Waals surface area contributed by atoms with Crippen molar-refractivity contribution in [3.05, 3.63) is 83.7 Å². The summed E-state index contributed by atoms with van der Waals surface area (Å²) in [6.45, 7) is 2.72. The van der Waals surface area contributed by atoms with E-state index in [9.17, 15) is 4.79 Å². The Bertz CT molecular complexity index is 827. The van der Waals surface area contributed by atoms with Gasteiger partial charge in [-0.25, -0.2) is 4.68 Å². The smallest absolute Gasteiger partial charge is 0.232 e. The molecule has 3 aromatic rings. The largest absolute Gasteiger partial charge is 0.341 e. The van der Waals surface area contributed by atoms with Gasteiger partial charge in [-0.3, -0.25) is 4.79 Å². The molecule has 0 aliphatic carbocycles. The molecule has 26 heavy (non-hydrogen) atoms. The molecule has 3 rings (SSSR count). The highest BCUT2D eigenvalue weighted by Crippen LogP contribution is 2.16. The van der Waals surface area contributed by atoms with Crippen LogP contribution < -0.4 is 0 Å². The highest BCUT2D eigenvalue weighted by Gasteiger charge is 2.09. The molecule has 0 fully saturated rings. The predicted octanol–water partition coefficient (Wildman–Crippen LogP) is 4.07. The van der Waals surface area contributed by atoms with Gasteiger partial charge in [0.15, 0.2) is 0 Å². The number of carbonyl (C=O) groups excluding carboxylic acids is 1. The quantitative estimate of drug-likeness (QED) is 0.633. The van der Waals surface area contributed by atoms with Crippen molar-refractivity contribution in [3.63, 3.8) is 0 Å². The van der Waals surface area contributed by atoms with Gasteiger partial charge in [0.05, 0.1) is 11.4 Å². The minimum Gasteiger partial charge on any atom is -0.341 e. The number of aryl methyl sites for hydroxylation is 1. The summed E-state index contributed by atoms with van der Waals surface area (Å²) in [5.41, 5.74) is 4.64. The number of rotatable bonds is 7. The highest BCUT2D eigenvalue weighted by molar-refractivity contribution is 7.99. The van der Waals surface area contributed by atoms with E-state index in [4.69, 9.17) is 0 Å². The molecule has 0 saturated carbocycles. The van der Waals surface area contributed by atoms with Crippen LogP contribution in [0.1, 0.15) is 16.7 Å². The summed E-state index contributed by atoms with van der Waals surface area (Å²) in [5, 5.41) is 4.22. The molecule has 5 heteroatoms. The minimum atomic E-state index is 0.156. The number of hydrogen-bond donors (Lipinski definition) is 0. The van der Waals surface area contributed by atoms with E-state index in [1.54, 1.807) is 22.9 Å². The first-order valence-electron chi connectivity index (χ1n) is 8.58. The number of carbonyl (C=O) groups is 1. The van der Waals surface area contributed by atoms with Gasteiger partial charge in [0.25, 0.3) is 0 Å². The van der Waals surface area contributed by atoms with Crippen LogP contribution in [0.4, 0.5) is 0 Å². The second-order valence-electron chi connectivity index (χ2n) is 6.35. The first-order chi connectivity index (χ1) is 12.6. The summed E-state index contributed by atoms with van der Waals surface area (Å²) in [6.07, 6.45) is 3.69. The van der Waals surface area contributed by atoms with Crippen molar-refractivity contribution in [1.29, 1.82) is 0 Å². The van der Waals surface area contributed by atoms with Gasteiger partial charge >= 0.3 is 0 Å². The van der Waals surface area contributed by atoms with E-state index in [0.29, 0.717) is 12.3 Å². The molecule has 0 spiro atoms. The Morgan fingerprint density at radius 1 is 1.08 bits per heavy atom. The molecule has 1 aromatic heterocycles. The van der Waals surface area contributed by atoms with Crippen LogP contribution in [0.25, 0.3) is 5.69 Å². The van der Waals surface area contributed by atoms with Gasteiger partial charge in [-0.05, 0) is 36.2 Å². The van der Waals surface area contributed by atoms with E-state index in [-0.39, 0.29) is 5.91 Å². The van der Waals surface area contributed by atoms with Gasteiger partial charge in [-0.15, -0.1) is 11.8 Å². The van der Waals surface area contributed by atoms with Crippen LogP contribution in [0.3, 0.4) is 0 Å². The normalized spacial score (nSPS) is 10.7. The van der Waals surface area contributed by atoms with Crippen molar-refractivity contribution in [2.45, 2.75) is 19.2 Å². The van der Waals surface area contributed by atoms with Crippen molar-refractivity contribution in [1.82, 2.24) is 14.7 Å². The van der Waals surface area contributed by atoms with Gasteiger partial charge in [0.1, 0.15) is 0 Å². The van der Waals surface area contributed by atoms with Crippen molar-refractivity contribution < 1.29 is 4.79 Å². The van der Waals surface area contributed by atoms with E-state index in [2.05, 4.69) is 48.4 Å². The summed E-state index contributed by atoms with van der Waals surface area (Å²) in [7, 11) is 1.86. The molecule has 134 valence electrons.